The van der Waals surface area contributed by atoms with Crippen LogP contribution in [0.3, 0.4) is 0 Å². The number of fused-ring (bicyclic) bond motifs is 4. The first-order valence-electron chi connectivity index (χ1n) is 44.1. The van der Waals surface area contributed by atoms with Gasteiger partial charge in [-0.25, -0.2) is 0 Å². The van der Waals surface area contributed by atoms with Crippen LogP contribution in [-0.2, 0) is 70.6 Å². The molecule has 680 valence electrons. The summed E-state index contributed by atoms with van der Waals surface area (Å²) in [4.78, 5) is 0. The summed E-state index contributed by atoms with van der Waals surface area (Å²) in [5.41, 5.74) is 18.5. The van der Waals surface area contributed by atoms with E-state index >= 15 is 0 Å². The topological polar surface area (TPSA) is 384 Å². The fourth-order valence-electron chi connectivity index (χ4n) is 17.4. The molecule has 0 spiro atoms. The first kappa shape index (κ1) is 91.7. The van der Waals surface area contributed by atoms with Crippen LogP contribution in [0, 0.1) is 0 Å². The van der Waals surface area contributed by atoms with Crippen LogP contribution in [0.2, 0.25) is 0 Å². The molecule has 19 N–H and O–H groups in total. The Kier molecular flexibility index (Phi) is 27.5. The van der Waals surface area contributed by atoms with Gasteiger partial charge in [-0.2, -0.15) is 0 Å². The molecule has 0 saturated heterocycles. The maximum Gasteiger partial charge on any atom is 0.127 e. The molecule has 0 aliphatic heterocycles. The molecule has 0 atom stereocenters. The van der Waals surface area contributed by atoms with Crippen molar-refractivity contribution >= 4 is 43.1 Å². The zero-order valence-electron chi connectivity index (χ0n) is 73.7. The zero-order chi connectivity index (χ0) is 95.4. The monoisotopic (exact) mass is 1810 g/mol. The summed E-state index contributed by atoms with van der Waals surface area (Å²) in [5.74, 6) is 2.65. The fourth-order valence-corrected chi connectivity index (χ4v) is 17.4. The molecule has 0 amide bonds. The van der Waals surface area contributed by atoms with E-state index in [-0.39, 0.29) is 109 Å². The molecule has 0 bridgehead atoms. The second kappa shape index (κ2) is 40.8. The minimum absolute atomic E-state index is 0.0720. The van der Waals surface area contributed by atoms with Crippen LogP contribution in [0.15, 0.2) is 346 Å². The third-order valence-electron chi connectivity index (χ3n) is 24.4. The van der Waals surface area contributed by atoms with Crippen molar-refractivity contribution in [3.05, 3.63) is 468 Å². The van der Waals surface area contributed by atoms with Crippen LogP contribution in [0.5, 0.6) is 109 Å². The number of benzene rings is 19. The SMILES string of the molecule is Oc1ccc(Cc2cc(Cc3ccc(O)cc3)c3ccc(O)c(Cc4ccc(O)cc4)c3c2O)cc1.Oc1ccc(Cc2cc3c(Cc4ccc(O)cc4)cc(Cc4ccc(O)cc4)c(O)c3c(Cc3ccc(O)cc3)c2O)cc1.Oc1ccc(Cc2cc3ccc(Cc4ccc(O)cc4)c(O)c3c(Cc3ccc(O)cc3)c2O)cc1.Oc1ccc(Cc2ccc(O)c3c(O)cccc23)cc1. The number of phenols is 19. The quantitative estimate of drug-likeness (QED) is 0.0300. The number of phenolic OH excluding ortho intramolecular Hbond substituents is 19. The van der Waals surface area contributed by atoms with Crippen molar-refractivity contribution in [2.45, 2.75) is 70.6 Å². The Bertz CT molecular complexity index is 7430. The first-order chi connectivity index (χ1) is 65.6. The van der Waals surface area contributed by atoms with Gasteiger partial charge in [0.1, 0.15) is 109 Å². The van der Waals surface area contributed by atoms with Crippen molar-refractivity contribution in [3.63, 3.8) is 0 Å². The first-order valence-corrected chi connectivity index (χ1v) is 44.1. The molecule has 0 aliphatic carbocycles. The van der Waals surface area contributed by atoms with Crippen LogP contribution >= 0.6 is 0 Å². The van der Waals surface area contributed by atoms with Gasteiger partial charge in [-0.15, -0.1) is 0 Å². The van der Waals surface area contributed by atoms with Crippen LogP contribution in [-0.4, -0.2) is 97.0 Å². The molecule has 19 heteroatoms. The van der Waals surface area contributed by atoms with Gasteiger partial charge in [0, 0.05) is 84.2 Å². The largest absolute Gasteiger partial charge is 0.508 e. The third-order valence-corrected chi connectivity index (χ3v) is 24.4. The van der Waals surface area contributed by atoms with E-state index in [2.05, 4.69) is 0 Å². The van der Waals surface area contributed by atoms with Gasteiger partial charge < -0.3 is 97.0 Å². The minimum Gasteiger partial charge on any atom is -0.508 e. The molecule has 0 radical (unpaired) electrons. The predicted molar refractivity (Wildman–Crippen MR) is 529 cm³/mol. The number of rotatable bonds is 22. The summed E-state index contributed by atoms with van der Waals surface area (Å²) in [6.07, 6.45) is 4.97. The van der Waals surface area contributed by atoms with E-state index in [9.17, 15) is 97.0 Å². The van der Waals surface area contributed by atoms with E-state index in [0.29, 0.717) is 137 Å². The molecule has 19 aromatic rings. The highest BCUT2D eigenvalue weighted by atomic mass is 16.3. The van der Waals surface area contributed by atoms with Gasteiger partial charge in [-0.05, 0) is 310 Å². The summed E-state index contributed by atoms with van der Waals surface area (Å²) >= 11 is 0. The Labute approximate surface area is 783 Å². The molecule has 19 aromatic carbocycles. The molecule has 136 heavy (non-hydrogen) atoms. The van der Waals surface area contributed by atoms with Gasteiger partial charge in [-0.3, -0.25) is 0 Å². The lowest BCUT2D eigenvalue weighted by molar-refractivity contribution is 0.460. The third kappa shape index (κ3) is 22.0. The summed E-state index contributed by atoms with van der Waals surface area (Å²) in [6.45, 7) is 0. The van der Waals surface area contributed by atoms with Crippen LogP contribution in [0.4, 0.5) is 0 Å². The predicted octanol–water partition coefficient (Wildman–Crippen LogP) is 23.3. The van der Waals surface area contributed by atoms with Crippen molar-refractivity contribution < 1.29 is 97.0 Å². The second-order valence-electron chi connectivity index (χ2n) is 34.1. The highest BCUT2D eigenvalue weighted by Crippen LogP contribution is 2.47. The van der Waals surface area contributed by atoms with E-state index in [1.54, 1.807) is 194 Å². The van der Waals surface area contributed by atoms with E-state index in [4.69, 9.17) is 0 Å². The van der Waals surface area contributed by atoms with Crippen LogP contribution < -0.4 is 0 Å². The maximum atomic E-state index is 11.9. The van der Waals surface area contributed by atoms with E-state index in [1.807, 2.05) is 152 Å². The molecule has 19 rings (SSSR count). The van der Waals surface area contributed by atoms with Crippen LogP contribution in [0.25, 0.3) is 43.1 Å². The van der Waals surface area contributed by atoms with Crippen molar-refractivity contribution in [1.29, 1.82) is 0 Å². The summed E-state index contributed by atoms with van der Waals surface area (Å²) in [7, 11) is 0. The van der Waals surface area contributed by atoms with Gasteiger partial charge in [0.2, 0.25) is 0 Å². The Hall–Kier alpha value is -17.6. The summed E-state index contributed by atoms with van der Waals surface area (Å²) in [5, 5.41) is 201. The lowest BCUT2D eigenvalue weighted by Crippen LogP contribution is -2.02. The second-order valence-corrected chi connectivity index (χ2v) is 34.1. The molecular weight excluding hydrogens is 1710 g/mol. The zero-order valence-corrected chi connectivity index (χ0v) is 73.7. The van der Waals surface area contributed by atoms with Gasteiger partial charge in [0.15, 0.2) is 0 Å². The van der Waals surface area contributed by atoms with Gasteiger partial charge in [0.05, 0.1) is 5.39 Å². The van der Waals surface area contributed by atoms with Gasteiger partial charge in [-0.1, -0.05) is 182 Å². The lowest BCUT2D eigenvalue weighted by atomic mass is 9.86. The summed E-state index contributed by atoms with van der Waals surface area (Å²) in [6, 6.07) is 99.5. The van der Waals surface area contributed by atoms with E-state index in [0.717, 1.165) is 99.4 Å². The summed E-state index contributed by atoms with van der Waals surface area (Å²) < 4.78 is 0. The van der Waals surface area contributed by atoms with E-state index < -0.39 is 0 Å². The molecular formula is C117H98O19. The maximum absolute atomic E-state index is 11.9. The number of hydrogen-bond donors (Lipinski definition) is 19. The van der Waals surface area contributed by atoms with Crippen molar-refractivity contribution in [1.82, 2.24) is 0 Å². The van der Waals surface area contributed by atoms with Crippen molar-refractivity contribution in [3.8, 4) is 109 Å². The Morgan fingerprint density at radius 3 is 0.713 bits per heavy atom. The molecule has 0 aliphatic rings. The molecule has 19 nitrogen and oxygen atoms in total. The molecule has 0 fully saturated rings. The Morgan fingerprint density at radius 1 is 0.132 bits per heavy atom. The minimum atomic E-state index is 0.0720. The smallest absolute Gasteiger partial charge is 0.127 e. The standard InChI is InChI=1S/C38H32O6.2C31H26O5.C17H14O3/c39-30-9-1-23(2-10-30)17-27-21-28(18-24-3-11-31(40)12-4-24)38(44)36-34(27)22-29(19-25-5-13-32(41)14-6-25)37(43)35(36)20-26-7-15-33(42)16-8-26;32-25-9-1-19(2-10-25)15-23-8-7-22-18-24(16-20-3-11-26(33)12-4-20)30(35)28(29(22)31(23)36)17-21-5-13-27(34)14-6-21;32-24-7-1-19(2-8-24)15-22-18-23(16-20-3-9-25(33)10-4-20)31(36)30-27(22)13-14-29(35)28(30)17-21-5-11-26(34)12-6-21;18-13-7-4-11(5-8-13)10-12-6-9-16(20)17-14(12)2-1-3-15(17)19/h1-16,21-22,39-44H,17-20H2;2*1-14,18,32-36H,15-17H2;1-9,18-20H,10H2. The van der Waals surface area contributed by atoms with Crippen molar-refractivity contribution in [2.75, 3.05) is 0 Å². The lowest BCUT2D eigenvalue weighted by Gasteiger charge is -2.20. The van der Waals surface area contributed by atoms with Gasteiger partial charge >= 0.3 is 0 Å². The average molecular weight is 1810 g/mol. The highest BCUT2D eigenvalue weighted by Gasteiger charge is 2.26. The van der Waals surface area contributed by atoms with E-state index in [1.165, 1.54) is 0 Å². The fraction of sp³-hybridized carbons (Fsp3) is 0.0940. The molecule has 0 heterocycles. The number of aromatic hydroxyl groups is 19. The highest BCUT2D eigenvalue weighted by molar-refractivity contribution is 6.00. The Morgan fingerprint density at radius 2 is 0.368 bits per heavy atom. The molecule has 0 aromatic heterocycles. The molecule has 0 unspecified atom stereocenters. The normalized spacial score (nSPS) is 11.1. The van der Waals surface area contributed by atoms with Crippen LogP contribution in [0.1, 0.15) is 122 Å². The van der Waals surface area contributed by atoms with Gasteiger partial charge in [0.25, 0.3) is 0 Å². The number of hydrogen-bond acceptors (Lipinski definition) is 19. The Balaban J connectivity index is 0.000000135. The molecule has 0 saturated carbocycles. The van der Waals surface area contributed by atoms with Crippen molar-refractivity contribution in [2.24, 2.45) is 0 Å². The average Bonchev–Trinajstić information content (AvgIpc) is 0.743.